The first-order valence-electron chi connectivity index (χ1n) is 9.85. The van der Waals surface area contributed by atoms with Crippen LogP contribution in [0.3, 0.4) is 0 Å². The molecular formula is C22H25N3O5S. The molecule has 164 valence electrons. The molecule has 8 nitrogen and oxygen atoms in total. The zero-order chi connectivity index (χ0) is 22.4. The Hall–Kier alpha value is -3.20. The van der Waals surface area contributed by atoms with Crippen LogP contribution in [0.25, 0.3) is 0 Å². The van der Waals surface area contributed by atoms with Gasteiger partial charge in [-0.05, 0) is 48.7 Å². The highest BCUT2D eigenvalue weighted by molar-refractivity contribution is 8.00. The molecule has 0 radical (unpaired) electrons. The molecule has 0 aromatic heterocycles. The molecule has 0 atom stereocenters. The first-order chi connectivity index (χ1) is 14.9. The van der Waals surface area contributed by atoms with E-state index in [9.17, 15) is 14.4 Å². The molecule has 0 unspecified atom stereocenters. The highest BCUT2D eigenvalue weighted by Crippen LogP contribution is 2.32. The van der Waals surface area contributed by atoms with E-state index in [1.54, 1.807) is 36.4 Å². The lowest BCUT2D eigenvalue weighted by Crippen LogP contribution is -2.41. The summed E-state index contributed by atoms with van der Waals surface area (Å²) < 4.78 is 11.0. The standard InChI is InChI=1S/C22H25N3O5S/c1-13(2)8-9-30-17-6-4-15(11-18(17)29-3)22(28)25-24-21(27)14-5-7-19-16(10-14)23-20(26)12-31-19/h4-7,10-11,13H,8-9,12H2,1-3H3,(H,23,26)(H,24,27)(H,25,28). The van der Waals surface area contributed by atoms with Gasteiger partial charge in [-0.1, -0.05) is 13.8 Å². The van der Waals surface area contributed by atoms with Crippen LogP contribution in [0, 0.1) is 5.92 Å². The van der Waals surface area contributed by atoms with Crippen molar-refractivity contribution in [2.45, 2.75) is 25.2 Å². The number of amides is 3. The highest BCUT2D eigenvalue weighted by atomic mass is 32.2. The lowest BCUT2D eigenvalue weighted by atomic mass is 10.1. The minimum Gasteiger partial charge on any atom is -0.493 e. The summed E-state index contributed by atoms with van der Waals surface area (Å²) >= 11 is 1.41. The SMILES string of the molecule is COc1cc(C(=O)NNC(=O)c2ccc3c(c2)NC(=O)CS3)ccc1OCCC(C)C. The number of hydrogen-bond donors (Lipinski definition) is 3. The molecule has 1 aliphatic heterocycles. The fourth-order valence-corrected chi connectivity index (χ4v) is 3.60. The third kappa shape index (κ3) is 5.91. The number of nitrogens with one attached hydrogen (secondary N) is 3. The van der Waals surface area contributed by atoms with E-state index in [0.717, 1.165) is 11.3 Å². The van der Waals surface area contributed by atoms with Crippen molar-refractivity contribution in [3.8, 4) is 11.5 Å². The summed E-state index contributed by atoms with van der Waals surface area (Å²) in [4.78, 5) is 37.3. The molecule has 2 aromatic rings. The Morgan fingerprint density at radius 3 is 2.42 bits per heavy atom. The maximum Gasteiger partial charge on any atom is 0.269 e. The van der Waals surface area contributed by atoms with Crippen molar-refractivity contribution in [1.29, 1.82) is 0 Å². The van der Waals surface area contributed by atoms with Crippen molar-refractivity contribution in [3.63, 3.8) is 0 Å². The molecule has 9 heteroatoms. The summed E-state index contributed by atoms with van der Waals surface area (Å²) in [7, 11) is 1.50. The lowest BCUT2D eigenvalue weighted by Gasteiger charge is -2.17. The van der Waals surface area contributed by atoms with E-state index in [2.05, 4.69) is 30.0 Å². The van der Waals surface area contributed by atoms with Crippen molar-refractivity contribution in [2.24, 2.45) is 5.92 Å². The van der Waals surface area contributed by atoms with E-state index in [1.165, 1.54) is 18.9 Å². The Balaban J connectivity index is 1.60. The van der Waals surface area contributed by atoms with Crippen molar-refractivity contribution in [1.82, 2.24) is 10.9 Å². The van der Waals surface area contributed by atoms with Gasteiger partial charge in [-0.15, -0.1) is 11.8 Å². The van der Waals surface area contributed by atoms with Crippen LogP contribution in [0.1, 0.15) is 41.0 Å². The zero-order valence-corrected chi connectivity index (χ0v) is 18.4. The molecule has 0 bridgehead atoms. The van der Waals surface area contributed by atoms with Gasteiger partial charge in [0.1, 0.15) is 0 Å². The summed E-state index contributed by atoms with van der Waals surface area (Å²) in [5.41, 5.74) is 5.97. The molecule has 3 N–H and O–H groups in total. The van der Waals surface area contributed by atoms with Gasteiger partial charge >= 0.3 is 0 Å². The topological polar surface area (TPSA) is 106 Å². The van der Waals surface area contributed by atoms with Crippen molar-refractivity contribution < 1.29 is 23.9 Å². The summed E-state index contributed by atoms with van der Waals surface area (Å²) in [5, 5.41) is 2.73. The maximum absolute atomic E-state index is 12.5. The molecule has 3 rings (SSSR count). The Labute approximate surface area is 185 Å². The minimum atomic E-state index is -0.499. The van der Waals surface area contributed by atoms with Crippen molar-refractivity contribution in [3.05, 3.63) is 47.5 Å². The van der Waals surface area contributed by atoms with Gasteiger partial charge < -0.3 is 14.8 Å². The number of ether oxygens (including phenoxy) is 2. The van der Waals surface area contributed by atoms with E-state index in [-0.39, 0.29) is 5.91 Å². The number of benzene rings is 2. The molecule has 1 aliphatic rings. The zero-order valence-electron chi connectivity index (χ0n) is 17.6. The van der Waals surface area contributed by atoms with Gasteiger partial charge in [-0.3, -0.25) is 25.2 Å². The summed E-state index contributed by atoms with van der Waals surface area (Å²) in [6.45, 7) is 4.78. The van der Waals surface area contributed by atoms with E-state index < -0.39 is 11.8 Å². The second-order valence-electron chi connectivity index (χ2n) is 7.35. The van der Waals surface area contributed by atoms with Crippen LogP contribution in [0.5, 0.6) is 11.5 Å². The maximum atomic E-state index is 12.5. The predicted molar refractivity (Wildman–Crippen MR) is 119 cm³/mol. The van der Waals surface area contributed by atoms with Gasteiger partial charge in [0.05, 0.1) is 25.2 Å². The van der Waals surface area contributed by atoms with Crippen molar-refractivity contribution >= 4 is 35.2 Å². The quantitative estimate of drug-likeness (QED) is 0.568. The van der Waals surface area contributed by atoms with Crippen LogP contribution >= 0.6 is 11.8 Å². The van der Waals surface area contributed by atoms with Gasteiger partial charge in [-0.25, -0.2) is 0 Å². The monoisotopic (exact) mass is 443 g/mol. The first-order valence-corrected chi connectivity index (χ1v) is 10.8. The number of carbonyl (C=O) groups is 3. The molecule has 2 aromatic carbocycles. The first kappa shape index (κ1) is 22.5. The van der Waals surface area contributed by atoms with Crippen LogP contribution in [0.2, 0.25) is 0 Å². The number of hydrogen-bond acceptors (Lipinski definition) is 6. The fourth-order valence-electron chi connectivity index (χ4n) is 2.81. The molecule has 0 saturated carbocycles. The number of carbonyl (C=O) groups excluding carboxylic acids is 3. The third-order valence-corrected chi connectivity index (χ3v) is 5.62. The van der Waals surface area contributed by atoms with Gasteiger partial charge in [0.25, 0.3) is 11.8 Å². The number of hydrazine groups is 1. The Bertz CT molecular complexity index is 993. The average molecular weight is 444 g/mol. The van der Waals surface area contributed by atoms with Crippen LogP contribution in [0.4, 0.5) is 5.69 Å². The highest BCUT2D eigenvalue weighted by Gasteiger charge is 2.18. The second kappa shape index (κ2) is 10.2. The van der Waals surface area contributed by atoms with Gasteiger partial charge in [0, 0.05) is 16.0 Å². The molecule has 0 saturated heterocycles. The van der Waals surface area contributed by atoms with Gasteiger partial charge in [-0.2, -0.15) is 0 Å². The molecular weight excluding hydrogens is 418 g/mol. The van der Waals surface area contributed by atoms with Gasteiger partial charge in [0.15, 0.2) is 11.5 Å². The van der Waals surface area contributed by atoms with E-state index in [4.69, 9.17) is 9.47 Å². The number of methoxy groups -OCH3 is 1. The normalized spacial score (nSPS) is 12.6. The third-order valence-electron chi connectivity index (χ3n) is 4.54. The predicted octanol–water partition coefficient (Wildman–Crippen LogP) is 3.24. The lowest BCUT2D eigenvalue weighted by molar-refractivity contribution is -0.113. The van der Waals surface area contributed by atoms with Crippen LogP contribution in [0.15, 0.2) is 41.3 Å². The van der Waals surface area contributed by atoms with Crippen LogP contribution in [-0.4, -0.2) is 37.2 Å². The molecule has 31 heavy (non-hydrogen) atoms. The van der Waals surface area contributed by atoms with Crippen LogP contribution in [-0.2, 0) is 4.79 Å². The number of thioether (sulfide) groups is 1. The fraction of sp³-hybridized carbons (Fsp3) is 0.318. The molecule has 0 spiro atoms. The average Bonchev–Trinajstić information content (AvgIpc) is 2.76. The largest absolute Gasteiger partial charge is 0.493 e. The summed E-state index contributed by atoms with van der Waals surface area (Å²) in [6.07, 6.45) is 0.905. The molecule has 0 aliphatic carbocycles. The molecule has 0 fully saturated rings. The summed E-state index contributed by atoms with van der Waals surface area (Å²) in [6, 6.07) is 9.79. The number of anilines is 1. The minimum absolute atomic E-state index is 0.117. The smallest absolute Gasteiger partial charge is 0.269 e. The Morgan fingerprint density at radius 1 is 1.06 bits per heavy atom. The van der Waals surface area contributed by atoms with Gasteiger partial charge in [0.2, 0.25) is 5.91 Å². The van der Waals surface area contributed by atoms with E-state index in [0.29, 0.717) is 46.6 Å². The second-order valence-corrected chi connectivity index (χ2v) is 8.37. The van der Waals surface area contributed by atoms with Crippen molar-refractivity contribution in [2.75, 3.05) is 24.8 Å². The summed E-state index contributed by atoms with van der Waals surface area (Å²) in [5.74, 6) is 0.741. The Morgan fingerprint density at radius 2 is 1.74 bits per heavy atom. The van der Waals surface area contributed by atoms with Crippen LogP contribution < -0.4 is 25.6 Å². The Kier molecular flexibility index (Phi) is 7.41. The molecule has 3 amide bonds. The molecule has 1 heterocycles. The number of rotatable bonds is 7. The van der Waals surface area contributed by atoms with E-state index in [1.807, 2.05) is 0 Å². The van der Waals surface area contributed by atoms with E-state index >= 15 is 0 Å². The number of fused-ring (bicyclic) bond motifs is 1.